The molecule has 10 nitrogen and oxygen atoms in total. The highest BCUT2D eigenvalue weighted by atomic mass is 79.9. The molecule has 0 saturated carbocycles. The summed E-state index contributed by atoms with van der Waals surface area (Å²) >= 11 is 6.60. The fraction of sp³-hybridized carbons (Fsp3) is 0.360. The van der Waals surface area contributed by atoms with Crippen molar-refractivity contribution in [1.29, 1.82) is 0 Å². The number of benzene rings is 2. The van der Waals surface area contributed by atoms with E-state index < -0.39 is 61.2 Å². The maximum atomic E-state index is 13.0. The van der Waals surface area contributed by atoms with Crippen LogP contribution in [0.15, 0.2) is 57.5 Å². The molecule has 2 aromatic rings. The van der Waals surface area contributed by atoms with Gasteiger partial charge in [-0.1, -0.05) is 31.9 Å². The van der Waals surface area contributed by atoms with Crippen molar-refractivity contribution in [2.75, 3.05) is 13.7 Å². The van der Waals surface area contributed by atoms with Crippen LogP contribution in [0.1, 0.15) is 34.6 Å². The Hall–Kier alpha value is -2.80. The zero-order valence-corrected chi connectivity index (χ0v) is 23.2. The molecule has 0 radical (unpaired) electrons. The molecular weight excluding hydrogens is 620 g/mol. The zero-order valence-electron chi connectivity index (χ0n) is 20.1. The van der Waals surface area contributed by atoms with Gasteiger partial charge < -0.3 is 28.4 Å². The highest BCUT2D eigenvalue weighted by Crippen LogP contribution is 2.30. The van der Waals surface area contributed by atoms with Crippen LogP contribution in [0.2, 0.25) is 0 Å². The molecule has 0 aliphatic carbocycles. The van der Waals surface area contributed by atoms with E-state index in [1.54, 1.807) is 36.4 Å². The predicted molar refractivity (Wildman–Crippen MR) is 135 cm³/mol. The number of carbonyl (C=O) groups is 4. The summed E-state index contributed by atoms with van der Waals surface area (Å²) in [5.74, 6) is -2.85. The SMILES string of the molecule is CO[C@H]1O[C@H](COC(=O)c2ccc(Br)cc2)[C@H](OC(=O)c2ccc(Br)cc2)[C@H](OC(C)=O)[C@H]1OC(C)=O. The van der Waals surface area contributed by atoms with Crippen molar-refractivity contribution in [2.45, 2.75) is 44.6 Å². The smallest absolute Gasteiger partial charge is 0.338 e. The number of rotatable bonds is 8. The van der Waals surface area contributed by atoms with Gasteiger partial charge in [-0.15, -0.1) is 0 Å². The van der Waals surface area contributed by atoms with E-state index >= 15 is 0 Å². The summed E-state index contributed by atoms with van der Waals surface area (Å²) in [6, 6.07) is 12.8. The number of methoxy groups -OCH3 is 1. The third-order valence-electron chi connectivity index (χ3n) is 5.21. The maximum absolute atomic E-state index is 13.0. The molecule has 37 heavy (non-hydrogen) atoms. The van der Waals surface area contributed by atoms with E-state index in [9.17, 15) is 19.2 Å². The maximum Gasteiger partial charge on any atom is 0.338 e. The minimum absolute atomic E-state index is 0.202. The van der Waals surface area contributed by atoms with Crippen LogP contribution in [0.3, 0.4) is 0 Å². The van der Waals surface area contributed by atoms with Crippen molar-refractivity contribution >= 4 is 55.7 Å². The molecule has 0 spiro atoms. The van der Waals surface area contributed by atoms with Gasteiger partial charge in [0.2, 0.25) is 0 Å². The fourth-order valence-electron chi connectivity index (χ4n) is 3.59. The third kappa shape index (κ3) is 7.84. The Bertz CT molecular complexity index is 1120. The van der Waals surface area contributed by atoms with Crippen LogP contribution >= 0.6 is 31.9 Å². The van der Waals surface area contributed by atoms with Crippen LogP contribution in [-0.2, 0) is 38.0 Å². The summed E-state index contributed by atoms with van der Waals surface area (Å²) in [4.78, 5) is 49.4. The molecule has 198 valence electrons. The van der Waals surface area contributed by atoms with Gasteiger partial charge in [0, 0.05) is 29.9 Å². The summed E-state index contributed by atoms with van der Waals surface area (Å²) in [5, 5.41) is 0. The topological polar surface area (TPSA) is 124 Å². The second-order valence-electron chi connectivity index (χ2n) is 7.91. The normalized spacial score (nSPS) is 23.0. The average molecular weight is 644 g/mol. The molecule has 1 aliphatic rings. The van der Waals surface area contributed by atoms with Crippen LogP contribution in [0.5, 0.6) is 0 Å². The molecule has 1 aliphatic heterocycles. The van der Waals surface area contributed by atoms with E-state index in [1.165, 1.54) is 19.2 Å². The van der Waals surface area contributed by atoms with Gasteiger partial charge >= 0.3 is 23.9 Å². The molecule has 1 saturated heterocycles. The molecule has 1 fully saturated rings. The number of carbonyl (C=O) groups excluding carboxylic acids is 4. The molecule has 0 bridgehead atoms. The first kappa shape index (κ1) is 28.8. The van der Waals surface area contributed by atoms with Crippen molar-refractivity contribution in [3.63, 3.8) is 0 Å². The van der Waals surface area contributed by atoms with E-state index in [0.717, 1.165) is 22.8 Å². The summed E-state index contributed by atoms with van der Waals surface area (Å²) in [6.07, 6.45) is -6.27. The van der Waals surface area contributed by atoms with Crippen molar-refractivity contribution < 1.29 is 47.6 Å². The largest absolute Gasteiger partial charge is 0.459 e. The Morgan fingerprint density at radius 3 is 1.70 bits per heavy atom. The average Bonchev–Trinajstić information content (AvgIpc) is 2.85. The van der Waals surface area contributed by atoms with Gasteiger partial charge in [-0.3, -0.25) is 9.59 Å². The van der Waals surface area contributed by atoms with Crippen LogP contribution < -0.4 is 0 Å². The number of halogens is 2. The Kier molecular flexibility index (Phi) is 10.2. The van der Waals surface area contributed by atoms with E-state index in [0.29, 0.717) is 0 Å². The highest BCUT2D eigenvalue weighted by Gasteiger charge is 2.52. The lowest BCUT2D eigenvalue weighted by molar-refractivity contribution is -0.299. The second kappa shape index (κ2) is 13.1. The monoisotopic (exact) mass is 642 g/mol. The summed E-state index contributed by atoms with van der Waals surface area (Å²) in [7, 11) is 1.30. The molecule has 0 N–H and O–H groups in total. The highest BCUT2D eigenvalue weighted by molar-refractivity contribution is 9.10. The summed E-state index contributed by atoms with van der Waals surface area (Å²) < 4.78 is 34.6. The van der Waals surface area contributed by atoms with Gasteiger partial charge in [0.05, 0.1) is 11.1 Å². The Balaban J connectivity index is 1.91. The quantitative estimate of drug-likeness (QED) is 0.310. The Morgan fingerprint density at radius 1 is 0.730 bits per heavy atom. The molecule has 0 amide bonds. The molecule has 0 aromatic heterocycles. The van der Waals surface area contributed by atoms with Gasteiger partial charge in [-0.05, 0) is 48.5 Å². The second-order valence-corrected chi connectivity index (χ2v) is 9.74. The lowest BCUT2D eigenvalue weighted by Crippen LogP contribution is -2.62. The fourth-order valence-corrected chi connectivity index (χ4v) is 4.12. The van der Waals surface area contributed by atoms with E-state index in [-0.39, 0.29) is 11.1 Å². The van der Waals surface area contributed by atoms with Crippen molar-refractivity contribution in [3.05, 3.63) is 68.6 Å². The minimum Gasteiger partial charge on any atom is -0.459 e. The molecule has 2 aromatic carbocycles. The molecular formula is C25H24Br2O10. The zero-order chi connectivity index (χ0) is 27.1. The molecule has 1 heterocycles. The van der Waals surface area contributed by atoms with Crippen LogP contribution in [0.4, 0.5) is 0 Å². The molecule has 12 heteroatoms. The van der Waals surface area contributed by atoms with E-state index in [1.807, 2.05) is 0 Å². The van der Waals surface area contributed by atoms with Crippen LogP contribution in [0, 0.1) is 0 Å². The summed E-state index contributed by atoms with van der Waals surface area (Å²) in [6.45, 7) is 1.92. The third-order valence-corrected chi connectivity index (χ3v) is 6.27. The molecule has 5 atom stereocenters. The number of hydrogen-bond donors (Lipinski definition) is 0. The van der Waals surface area contributed by atoms with Crippen LogP contribution in [0.25, 0.3) is 0 Å². The van der Waals surface area contributed by atoms with Gasteiger partial charge in [0.15, 0.2) is 24.6 Å². The van der Waals surface area contributed by atoms with Gasteiger partial charge in [0.25, 0.3) is 0 Å². The minimum atomic E-state index is -1.33. The number of esters is 4. The Morgan fingerprint density at radius 2 is 1.22 bits per heavy atom. The van der Waals surface area contributed by atoms with Crippen molar-refractivity contribution in [2.24, 2.45) is 0 Å². The lowest BCUT2D eigenvalue weighted by Gasteiger charge is -2.43. The first-order chi connectivity index (χ1) is 17.6. The first-order valence-corrected chi connectivity index (χ1v) is 12.6. The predicted octanol–water partition coefficient (Wildman–Crippen LogP) is 3.83. The van der Waals surface area contributed by atoms with Gasteiger partial charge in [-0.25, -0.2) is 9.59 Å². The standard InChI is InChI=1S/C25H24Br2O10/c1-13(28)34-21-20(37-24(31)16-6-10-18(27)11-7-16)19(36-25(32-3)22(21)35-14(2)29)12-33-23(30)15-4-8-17(26)9-5-15/h4-11,19-22,25H,12H2,1-3H3/t19-,20+,21+,22-,25+/m1/s1. The van der Waals surface area contributed by atoms with E-state index in [4.69, 9.17) is 28.4 Å². The van der Waals surface area contributed by atoms with Gasteiger partial charge in [-0.2, -0.15) is 0 Å². The van der Waals surface area contributed by atoms with Gasteiger partial charge in [0.1, 0.15) is 12.7 Å². The van der Waals surface area contributed by atoms with E-state index in [2.05, 4.69) is 31.9 Å². The number of ether oxygens (including phenoxy) is 6. The summed E-state index contributed by atoms with van der Waals surface area (Å²) in [5.41, 5.74) is 0.480. The van der Waals surface area contributed by atoms with Crippen LogP contribution in [-0.4, -0.2) is 68.3 Å². The number of hydrogen-bond acceptors (Lipinski definition) is 10. The molecule has 0 unspecified atom stereocenters. The first-order valence-electron chi connectivity index (χ1n) is 11.0. The lowest BCUT2D eigenvalue weighted by atomic mass is 9.98. The van der Waals surface area contributed by atoms with Crippen molar-refractivity contribution in [1.82, 2.24) is 0 Å². The Labute approximate surface area is 229 Å². The van der Waals surface area contributed by atoms with Crippen molar-refractivity contribution in [3.8, 4) is 0 Å². The molecule has 3 rings (SSSR count).